The van der Waals surface area contributed by atoms with Gasteiger partial charge in [-0.15, -0.1) is 0 Å². The Hall–Kier alpha value is -0.610. The van der Waals surface area contributed by atoms with Crippen LogP contribution in [0.5, 0.6) is 0 Å². The number of carboxylic acid groups (broad SMARTS) is 1. The van der Waals surface area contributed by atoms with E-state index in [9.17, 15) is 9.90 Å². The summed E-state index contributed by atoms with van der Waals surface area (Å²) in [7, 11) is 0. The van der Waals surface area contributed by atoms with Gasteiger partial charge in [-0.1, -0.05) is 20.3 Å². The van der Waals surface area contributed by atoms with Crippen LogP contribution < -0.4 is 0 Å². The van der Waals surface area contributed by atoms with Gasteiger partial charge in [0.15, 0.2) is 0 Å². The Kier molecular flexibility index (Phi) is 4.28. The summed E-state index contributed by atoms with van der Waals surface area (Å²) in [6.45, 7) is 9.35. The van der Waals surface area contributed by atoms with Crippen LogP contribution >= 0.6 is 0 Å². The summed E-state index contributed by atoms with van der Waals surface area (Å²) < 4.78 is 0. The first-order chi connectivity index (χ1) is 8.50. The zero-order valence-corrected chi connectivity index (χ0v) is 11.8. The minimum Gasteiger partial charge on any atom is -0.480 e. The molecule has 0 saturated carbocycles. The average molecular weight is 254 g/mol. The van der Waals surface area contributed by atoms with E-state index in [0.29, 0.717) is 12.1 Å². The maximum Gasteiger partial charge on any atom is 0.321 e. The summed E-state index contributed by atoms with van der Waals surface area (Å²) in [5, 5.41) is 9.45. The molecule has 2 aliphatic heterocycles. The third-order valence-electron chi connectivity index (χ3n) is 4.48. The standard InChI is InChI=1S/C14H26N2O2/c1-10(2)13(14(17)18)16-9-12-6-4-5-7-15(12)8-11(16)3/h10-13H,4-9H2,1-3H3,(H,17,18). The second-order valence-electron chi connectivity index (χ2n) is 6.22. The summed E-state index contributed by atoms with van der Waals surface area (Å²) in [5.41, 5.74) is 0. The average Bonchev–Trinajstić information content (AvgIpc) is 2.29. The fraction of sp³-hybridized carbons (Fsp3) is 0.929. The van der Waals surface area contributed by atoms with E-state index in [0.717, 1.165) is 13.1 Å². The Labute approximate surface area is 110 Å². The predicted octanol–water partition coefficient (Wildman–Crippen LogP) is 1.65. The topological polar surface area (TPSA) is 43.8 Å². The molecule has 0 spiro atoms. The lowest BCUT2D eigenvalue weighted by atomic mass is 9.93. The lowest BCUT2D eigenvalue weighted by molar-refractivity contribution is -0.148. The highest BCUT2D eigenvalue weighted by Crippen LogP contribution is 2.27. The third-order valence-corrected chi connectivity index (χ3v) is 4.48. The molecule has 104 valence electrons. The number of piperidine rings is 1. The lowest BCUT2D eigenvalue weighted by Gasteiger charge is -2.49. The van der Waals surface area contributed by atoms with Crippen LogP contribution in [0.2, 0.25) is 0 Å². The van der Waals surface area contributed by atoms with Crippen LogP contribution in [0.1, 0.15) is 40.0 Å². The van der Waals surface area contributed by atoms with E-state index in [1.54, 1.807) is 0 Å². The fourth-order valence-electron chi connectivity index (χ4n) is 3.57. The second-order valence-corrected chi connectivity index (χ2v) is 6.22. The minimum atomic E-state index is -0.666. The summed E-state index contributed by atoms with van der Waals surface area (Å²) in [6.07, 6.45) is 3.83. The quantitative estimate of drug-likeness (QED) is 0.832. The molecule has 3 atom stereocenters. The Morgan fingerprint density at radius 2 is 2.00 bits per heavy atom. The molecule has 2 saturated heterocycles. The summed E-state index contributed by atoms with van der Waals surface area (Å²) in [5.74, 6) is -0.499. The van der Waals surface area contributed by atoms with E-state index in [2.05, 4.69) is 16.7 Å². The molecule has 0 bridgehead atoms. The normalized spacial score (nSPS) is 32.2. The number of rotatable bonds is 3. The van der Waals surface area contributed by atoms with Crippen LogP contribution in [0.25, 0.3) is 0 Å². The first kappa shape index (κ1) is 13.8. The van der Waals surface area contributed by atoms with E-state index >= 15 is 0 Å². The highest BCUT2D eigenvalue weighted by atomic mass is 16.4. The van der Waals surface area contributed by atoms with Crippen LogP contribution in [0.15, 0.2) is 0 Å². The van der Waals surface area contributed by atoms with E-state index < -0.39 is 5.97 Å². The number of carbonyl (C=O) groups is 1. The van der Waals surface area contributed by atoms with E-state index in [4.69, 9.17) is 0 Å². The number of nitrogens with zero attached hydrogens (tertiary/aromatic N) is 2. The molecule has 0 aliphatic carbocycles. The van der Waals surface area contributed by atoms with Gasteiger partial charge >= 0.3 is 5.97 Å². The Morgan fingerprint density at radius 1 is 1.28 bits per heavy atom. The van der Waals surface area contributed by atoms with E-state index in [1.807, 2.05) is 13.8 Å². The second kappa shape index (κ2) is 5.57. The molecule has 0 amide bonds. The van der Waals surface area contributed by atoms with Gasteiger partial charge in [0, 0.05) is 25.2 Å². The van der Waals surface area contributed by atoms with Crippen LogP contribution in [0.3, 0.4) is 0 Å². The molecule has 2 heterocycles. The molecule has 0 aromatic heterocycles. The number of fused-ring (bicyclic) bond motifs is 1. The zero-order chi connectivity index (χ0) is 13.3. The smallest absolute Gasteiger partial charge is 0.321 e. The largest absolute Gasteiger partial charge is 0.480 e. The fourth-order valence-corrected chi connectivity index (χ4v) is 3.57. The monoisotopic (exact) mass is 254 g/mol. The number of hydrogen-bond acceptors (Lipinski definition) is 3. The zero-order valence-electron chi connectivity index (χ0n) is 11.8. The maximum atomic E-state index is 11.5. The maximum absolute atomic E-state index is 11.5. The molecule has 18 heavy (non-hydrogen) atoms. The molecule has 0 radical (unpaired) electrons. The highest BCUT2D eigenvalue weighted by molar-refractivity contribution is 5.73. The number of piperazine rings is 1. The molecule has 2 fully saturated rings. The van der Waals surface area contributed by atoms with Crippen molar-refractivity contribution in [2.75, 3.05) is 19.6 Å². The molecular weight excluding hydrogens is 228 g/mol. The van der Waals surface area contributed by atoms with Gasteiger partial charge in [0.2, 0.25) is 0 Å². The number of carboxylic acids is 1. The van der Waals surface area contributed by atoms with Crippen LogP contribution in [-0.2, 0) is 4.79 Å². The Bertz CT molecular complexity index is 306. The first-order valence-corrected chi connectivity index (χ1v) is 7.23. The Morgan fingerprint density at radius 3 is 2.61 bits per heavy atom. The lowest BCUT2D eigenvalue weighted by Crippen LogP contribution is -2.63. The van der Waals surface area contributed by atoms with E-state index in [1.165, 1.54) is 25.8 Å². The summed E-state index contributed by atoms with van der Waals surface area (Å²) >= 11 is 0. The van der Waals surface area contributed by atoms with Gasteiger partial charge in [-0.2, -0.15) is 0 Å². The summed E-state index contributed by atoms with van der Waals surface area (Å²) in [6, 6.07) is 0.600. The molecule has 4 nitrogen and oxygen atoms in total. The van der Waals surface area contributed by atoms with Crippen LogP contribution in [-0.4, -0.2) is 58.6 Å². The molecule has 2 rings (SSSR count). The van der Waals surface area contributed by atoms with Crippen molar-refractivity contribution in [2.45, 2.75) is 58.2 Å². The Balaban J connectivity index is 2.10. The number of aliphatic carboxylic acids is 1. The highest BCUT2D eigenvalue weighted by Gasteiger charge is 2.39. The van der Waals surface area contributed by atoms with Gasteiger partial charge < -0.3 is 5.11 Å². The third kappa shape index (κ3) is 2.69. The van der Waals surface area contributed by atoms with Crippen molar-refractivity contribution < 1.29 is 9.90 Å². The molecule has 2 aliphatic rings. The summed E-state index contributed by atoms with van der Waals surface area (Å²) in [4.78, 5) is 16.3. The van der Waals surface area contributed by atoms with Crippen molar-refractivity contribution in [1.29, 1.82) is 0 Å². The molecule has 1 N–H and O–H groups in total. The first-order valence-electron chi connectivity index (χ1n) is 7.23. The van der Waals surface area contributed by atoms with Crippen LogP contribution in [0.4, 0.5) is 0 Å². The SMILES string of the molecule is CC(C)C(C(=O)O)N1CC2CCCCN2CC1C. The minimum absolute atomic E-state index is 0.167. The van der Waals surface area contributed by atoms with Crippen LogP contribution in [0, 0.1) is 5.92 Å². The van der Waals surface area contributed by atoms with Crippen molar-refractivity contribution in [2.24, 2.45) is 5.92 Å². The van der Waals surface area contributed by atoms with E-state index in [-0.39, 0.29) is 12.0 Å². The van der Waals surface area contributed by atoms with Gasteiger partial charge in [-0.3, -0.25) is 14.6 Å². The van der Waals surface area contributed by atoms with Gasteiger partial charge in [-0.05, 0) is 32.2 Å². The van der Waals surface area contributed by atoms with Gasteiger partial charge in [0.1, 0.15) is 6.04 Å². The molecule has 0 aromatic carbocycles. The van der Waals surface area contributed by atoms with Gasteiger partial charge in [0.25, 0.3) is 0 Å². The van der Waals surface area contributed by atoms with Crippen molar-refractivity contribution in [1.82, 2.24) is 9.80 Å². The molecule has 3 unspecified atom stereocenters. The van der Waals surface area contributed by atoms with Crippen molar-refractivity contribution in [3.05, 3.63) is 0 Å². The molecule has 0 aromatic rings. The van der Waals surface area contributed by atoms with Gasteiger partial charge in [-0.25, -0.2) is 0 Å². The predicted molar refractivity (Wildman–Crippen MR) is 71.6 cm³/mol. The molecule has 4 heteroatoms. The molecular formula is C14H26N2O2. The number of hydrogen-bond donors (Lipinski definition) is 1. The van der Waals surface area contributed by atoms with Crippen molar-refractivity contribution >= 4 is 5.97 Å². The van der Waals surface area contributed by atoms with Crippen molar-refractivity contribution in [3.8, 4) is 0 Å². The van der Waals surface area contributed by atoms with Gasteiger partial charge in [0.05, 0.1) is 0 Å². The van der Waals surface area contributed by atoms with Crippen molar-refractivity contribution in [3.63, 3.8) is 0 Å².